The number of aliphatic hydroxyl groups excluding tert-OH is 1. The van der Waals surface area contributed by atoms with Crippen molar-refractivity contribution in [2.24, 2.45) is 0 Å². The van der Waals surface area contributed by atoms with Crippen molar-refractivity contribution in [3.63, 3.8) is 0 Å². The van der Waals surface area contributed by atoms with Crippen molar-refractivity contribution in [3.8, 4) is 0 Å². The Balaban J connectivity index is 1.97. The molecular formula is C13H18N2OS2. The van der Waals surface area contributed by atoms with Crippen LogP contribution < -0.4 is 5.32 Å². The number of para-hydroxylation sites is 1. The highest BCUT2D eigenvalue weighted by molar-refractivity contribution is 7.99. The highest BCUT2D eigenvalue weighted by Crippen LogP contribution is 2.21. The summed E-state index contributed by atoms with van der Waals surface area (Å²) < 4.78 is 1.23. The second kappa shape index (κ2) is 6.52. The zero-order valence-corrected chi connectivity index (χ0v) is 12.2. The molecule has 0 radical (unpaired) electrons. The monoisotopic (exact) mass is 282 g/mol. The minimum atomic E-state index is 0.204. The average molecular weight is 282 g/mol. The van der Waals surface area contributed by atoms with Crippen LogP contribution in [0.2, 0.25) is 0 Å². The van der Waals surface area contributed by atoms with Crippen LogP contribution in [0.3, 0.4) is 0 Å². The van der Waals surface area contributed by atoms with E-state index < -0.39 is 0 Å². The molecule has 2 atom stereocenters. The van der Waals surface area contributed by atoms with Gasteiger partial charge in [-0.1, -0.05) is 12.1 Å². The number of benzene rings is 1. The first-order valence-electron chi connectivity index (χ1n) is 5.96. The van der Waals surface area contributed by atoms with Gasteiger partial charge >= 0.3 is 0 Å². The molecule has 5 heteroatoms. The van der Waals surface area contributed by atoms with Gasteiger partial charge in [-0.2, -0.15) is 11.8 Å². The molecule has 0 saturated heterocycles. The molecule has 2 N–H and O–H groups in total. The molecule has 2 aromatic rings. The van der Waals surface area contributed by atoms with Crippen LogP contribution in [0.25, 0.3) is 10.2 Å². The van der Waals surface area contributed by atoms with Gasteiger partial charge in [0.2, 0.25) is 0 Å². The Morgan fingerprint density at radius 2 is 2.22 bits per heavy atom. The van der Waals surface area contributed by atoms with Crippen molar-refractivity contribution in [1.82, 2.24) is 10.3 Å². The minimum absolute atomic E-state index is 0.204. The van der Waals surface area contributed by atoms with Crippen molar-refractivity contribution in [2.45, 2.75) is 24.8 Å². The number of hydrogen-bond acceptors (Lipinski definition) is 5. The van der Waals surface area contributed by atoms with Crippen molar-refractivity contribution in [3.05, 3.63) is 29.3 Å². The van der Waals surface area contributed by atoms with Gasteiger partial charge in [0.05, 0.1) is 16.8 Å². The zero-order chi connectivity index (χ0) is 13.0. The highest BCUT2D eigenvalue weighted by atomic mass is 32.2. The molecule has 0 fully saturated rings. The largest absolute Gasteiger partial charge is 0.395 e. The smallest absolute Gasteiger partial charge is 0.108 e. The summed E-state index contributed by atoms with van der Waals surface area (Å²) in [6, 6.07) is 8.46. The third-order valence-electron chi connectivity index (χ3n) is 2.95. The number of nitrogens with zero attached hydrogens (tertiary/aromatic N) is 1. The summed E-state index contributed by atoms with van der Waals surface area (Å²) in [5.74, 6) is 0. The molecule has 2 unspecified atom stereocenters. The molecule has 3 nitrogen and oxygen atoms in total. The number of hydrogen-bond donors (Lipinski definition) is 2. The molecule has 0 aliphatic heterocycles. The lowest BCUT2D eigenvalue weighted by molar-refractivity contribution is 0.276. The lowest BCUT2D eigenvalue weighted by Crippen LogP contribution is -2.37. The standard InChI is InChI=1S/C13H18N2OS2/c1-9(12(8-16)17-2)14-7-13-15-10-5-3-4-6-11(10)18-13/h3-6,9,12,14,16H,7-8H2,1-2H3. The SMILES string of the molecule is CSC(CO)C(C)NCc1nc2ccccc2s1. The van der Waals surface area contributed by atoms with Crippen molar-refractivity contribution >= 4 is 33.3 Å². The van der Waals surface area contributed by atoms with Crippen molar-refractivity contribution < 1.29 is 5.11 Å². The van der Waals surface area contributed by atoms with Gasteiger partial charge in [0.1, 0.15) is 5.01 Å². The summed E-state index contributed by atoms with van der Waals surface area (Å²) in [5.41, 5.74) is 1.07. The Bertz CT molecular complexity index is 463. The zero-order valence-electron chi connectivity index (χ0n) is 10.6. The highest BCUT2D eigenvalue weighted by Gasteiger charge is 2.15. The van der Waals surface area contributed by atoms with Gasteiger partial charge in [-0.05, 0) is 25.3 Å². The Hall–Kier alpha value is -0.620. The van der Waals surface area contributed by atoms with Gasteiger partial charge in [0, 0.05) is 17.8 Å². The maximum Gasteiger partial charge on any atom is 0.108 e. The quantitative estimate of drug-likeness (QED) is 0.854. The average Bonchev–Trinajstić information content (AvgIpc) is 2.80. The van der Waals surface area contributed by atoms with E-state index in [9.17, 15) is 5.11 Å². The first-order chi connectivity index (χ1) is 8.74. The lowest BCUT2D eigenvalue weighted by atomic mass is 10.2. The molecule has 0 spiro atoms. The van der Waals surface area contributed by atoms with Gasteiger partial charge in [-0.15, -0.1) is 11.3 Å². The van der Waals surface area contributed by atoms with Crippen LogP contribution in [0.1, 0.15) is 11.9 Å². The van der Waals surface area contributed by atoms with E-state index in [4.69, 9.17) is 0 Å². The molecule has 98 valence electrons. The van der Waals surface area contributed by atoms with Crippen molar-refractivity contribution in [2.75, 3.05) is 12.9 Å². The topological polar surface area (TPSA) is 45.1 Å². The molecule has 1 aromatic carbocycles. The lowest BCUT2D eigenvalue weighted by Gasteiger charge is -2.20. The Morgan fingerprint density at radius 1 is 1.44 bits per heavy atom. The molecule has 2 rings (SSSR count). The second-order valence-corrected chi connectivity index (χ2v) is 6.39. The molecule has 0 amide bonds. The number of nitrogens with one attached hydrogen (secondary N) is 1. The van der Waals surface area contributed by atoms with E-state index in [1.165, 1.54) is 4.70 Å². The third-order valence-corrected chi connectivity index (χ3v) is 5.15. The van der Waals surface area contributed by atoms with Crippen LogP contribution in [-0.2, 0) is 6.54 Å². The number of rotatable bonds is 6. The van der Waals surface area contributed by atoms with Gasteiger partial charge in [-0.3, -0.25) is 0 Å². The molecular weight excluding hydrogens is 264 g/mol. The summed E-state index contributed by atoms with van der Waals surface area (Å²) >= 11 is 3.41. The predicted octanol–water partition coefficient (Wildman–Crippen LogP) is 2.50. The molecule has 1 aromatic heterocycles. The van der Waals surface area contributed by atoms with Gasteiger partial charge in [-0.25, -0.2) is 4.98 Å². The van der Waals surface area contributed by atoms with E-state index >= 15 is 0 Å². The summed E-state index contributed by atoms with van der Waals surface area (Å²) in [6.07, 6.45) is 2.02. The van der Waals surface area contributed by atoms with Gasteiger partial charge < -0.3 is 10.4 Å². The van der Waals surface area contributed by atoms with Crippen molar-refractivity contribution in [1.29, 1.82) is 0 Å². The van der Waals surface area contributed by atoms with E-state index in [-0.39, 0.29) is 17.9 Å². The summed E-state index contributed by atoms with van der Waals surface area (Å²) in [7, 11) is 0. The first kappa shape index (κ1) is 13.8. The second-order valence-electron chi connectivity index (χ2n) is 4.20. The minimum Gasteiger partial charge on any atom is -0.395 e. The Labute approximate surface area is 116 Å². The maximum absolute atomic E-state index is 9.23. The molecule has 1 heterocycles. The summed E-state index contributed by atoms with van der Waals surface area (Å²) in [5, 5.41) is 14.0. The Morgan fingerprint density at radius 3 is 2.89 bits per heavy atom. The molecule has 0 saturated carbocycles. The number of thioether (sulfide) groups is 1. The van der Waals surface area contributed by atoms with Gasteiger partial charge in [0.15, 0.2) is 0 Å². The number of fused-ring (bicyclic) bond motifs is 1. The van der Waals surface area contributed by atoms with Crippen LogP contribution in [0.5, 0.6) is 0 Å². The summed E-state index contributed by atoms with van der Waals surface area (Å²) in [4.78, 5) is 4.58. The van der Waals surface area contributed by atoms with E-state index in [1.54, 1.807) is 23.1 Å². The molecule has 0 aliphatic carbocycles. The fourth-order valence-electron chi connectivity index (χ4n) is 1.81. The third kappa shape index (κ3) is 3.23. The van der Waals surface area contributed by atoms with Crippen LogP contribution in [0.15, 0.2) is 24.3 Å². The number of aromatic nitrogens is 1. The predicted molar refractivity (Wildman–Crippen MR) is 80.3 cm³/mol. The van der Waals surface area contributed by atoms with E-state index in [0.29, 0.717) is 0 Å². The maximum atomic E-state index is 9.23. The van der Waals surface area contributed by atoms with Crippen LogP contribution in [0, 0.1) is 0 Å². The van der Waals surface area contributed by atoms with Crippen LogP contribution >= 0.6 is 23.1 Å². The Kier molecular flexibility index (Phi) is 5.00. The van der Waals surface area contributed by atoms with Gasteiger partial charge in [0.25, 0.3) is 0 Å². The molecule has 18 heavy (non-hydrogen) atoms. The van der Waals surface area contributed by atoms with E-state index in [0.717, 1.165) is 17.1 Å². The fraction of sp³-hybridized carbons (Fsp3) is 0.462. The summed E-state index contributed by atoms with van der Waals surface area (Å²) in [6.45, 7) is 3.07. The number of thiazole rings is 1. The van der Waals surface area contributed by atoms with E-state index in [1.807, 2.05) is 24.5 Å². The van der Waals surface area contributed by atoms with Crippen LogP contribution in [-0.4, -0.2) is 34.2 Å². The van der Waals surface area contributed by atoms with E-state index in [2.05, 4.69) is 23.3 Å². The normalized spacial score (nSPS) is 14.8. The molecule has 0 aliphatic rings. The van der Waals surface area contributed by atoms with Crippen LogP contribution in [0.4, 0.5) is 0 Å². The first-order valence-corrected chi connectivity index (χ1v) is 8.06. The number of aliphatic hydroxyl groups is 1. The molecule has 0 bridgehead atoms. The fourth-order valence-corrected chi connectivity index (χ4v) is 3.38.